The number of hydrogen-bond acceptors (Lipinski definition) is 5. The Morgan fingerprint density at radius 1 is 1.22 bits per heavy atom. The molecule has 126 valence electrons. The fraction of sp³-hybridized carbons (Fsp3) is 0.588. The minimum absolute atomic E-state index is 0.0404. The van der Waals surface area contributed by atoms with Crippen LogP contribution < -0.4 is 4.74 Å². The van der Waals surface area contributed by atoms with Crippen molar-refractivity contribution in [3.63, 3.8) is 0 Å². The summed E-state index contributed by atoms with van der Waals surface area (Å²) < 4.78 is 11.2. The van der Waals surface area contributed by atoms with Gasteiger partial charge < -0.3 is 14.4 Å². The summed E-state index contributed by atoms with van der Waals surface area (Å²) in [7, 11) is 0. The van der Waals surface area contributed by atoms with E-state index in [4.69, 9.17) is 9.47 Å². The van der Waals surface area contributed by atoms with Crippen LogP contribution in [-0.4, -0.2) is 46.6 Å². The molecule has 0 spiro atoms. The molecule has 23 heavy (non-hydrogen) atoms. The van der Waals surface area contributed by atoms with Crippen LogP contribution in [0.1, 0.15) is 51.0 Å². The van der Waals surface area contributed by atoms with Crippen molar-refractivity contribution in [2.75, 3.05) is 13.1 Å². The number of pyridine rings is 1. The first-order valence-corrected chi connectivity index (χ1v) is 7.86. The van der Waals surface area contributed by atoms with E-state index in [1.165, 1.54) is 6.92 Å². The minimum atomic E-state index is -0.478. The molecule has 1 aliphatic heterocycles. The molecule has 1 aromatic heterocycles. The van der Waals surface area contributed by atoms with Gasteiger partial charge in [0.25, 0.3) is 0 Å². The van der Waals surface area contributed by atoms with Gasteiger partial charge in [-0.15, -0.1) is 0 Å². The fourth-order valence-electron chi connectivity index (χ4n) is 2.33. The summed E-state index contributed by atoms with van der Waals surface area (Å²) in [5, 5.41) is 0. The van der Waals surface area contributed by atoms with Crippen molar-refractivity contribution < 1.29 is 19.1 Å². The van der Waals surface area contributed by atoms with Crippen LogP contribution in [0.5, 0.6) is 5.75 Å². The largest absolute Gasteiger partial charge is 0.489 e. The molecule has 2 rings (SSSR count). The quantitative estimate of drug-likeness (QED) is 0.801. The summed E-state index contributed by atoms with van der Waals surface area (Å²) in [4.78, 5) is 29.0. The van der Waals surface area contributed by atoms with Gasteiger partial charge in [-0.1, -0.05) is 0 Å². The van der Waals surface area contributed by atoms with E-state index in [0.717, 1.165) is 12.8 Å². The number of piperidine rings is 1. The predicted molar refractivity (Wildman–Crippen MR) is 85.7 cm³/mol. The van der Waals surface area contributed by atoms with E-state index in [9.17, 15) is 9.59 Å². The zero-order chi connectivity index (χ0) is 17.0. The van der Waals surface area contributed by atoms with Gasteiger partial charge in [0, 0.05) is 32.9 Å². The molecule has 2 heterocycles. The summed E-state index contributed by atoms with van der Waals surface area (Å²) in [6.45, 7) is 8.28. The van der Waals surface area contributed by atoms with E-state index in [2.05, 4.69) is 4.98 Å². The average Bonchev–Trinajstić information content (AvgIpc) is 2.46. The van der Waals surface area contributed by atoms with Crippen LogP contribution in [0.4, 0.5) is 4.79 Å². The maximum atomic E-state index is 12.0. The van der Waals surface area contributed by atoms with Gasteiger partial charge in [0.05, 0.1) is 6.20 Å². The first-order valence-electron chi connectivity index (χ1n) is 7.86. The molecule has 1 amide bonds. The van der Waals surface area contributed by atoms with Crippen LogP contribution in [0.3, 0.4) is 0 Å². The molecular weight excluding hydrogens is 296 g/mol. The second kappa shape index (κ2) is 6.98. The molecule has 1 saturated heterocycles. The lowest BCUT2D eigenvalue weighted by Gasteiger charge is -2.33. The number of ether oxygens (including phenoxy) is 2. The Labute approximate surface area is 136 Å². The van der Waals surface area contributed by atoms with Gasteiger partial charge >= 0.3 is 6.09 Å². The molecule has 0 aromatic carbocycles. The van der Waals surface area contributed by atoms with E-state index >= 15 is 0 Å². The maximum Gasteiger partial charge on any atom is 0.410 e. The Kier molecular flexibility index (Phi) is 5.23. The smallest absolute Gasteiger partial charge is 0.410 e. The van der Waals surface area contributed by atoms with E-state index in [0.29, 0.717) is 24.5 Å². The maximum absolute atomic E-state index is 12.0. The number of ketones is 1. The molecule has 0 atom stereocenters. The predicted octanol–water partition coefficient (Wildman–Crippen LogP) is 3.06. The molecule has 0 N–H and O–H groups in total. The Bertz CT molecular complexity index is 555. The number of nitrogens with zero attached hydrogens (tertiary/aromatic N) is 2. The van der Waals surface area contributed by atoms with Crippen molar-refractivity contribution in [2.45, 2.75) is 52.2 Å². The molecular formula is C17H24N2O4. The van der Waals surface area contributed by atoms with Gasteiger partial charge in [-0.05, 0) is 32.9 Å². The summed E-state index contributed by atoms with van der Waals surface area (Å²) >= 11 is 0. The number of amides is 1. The van der Waals surface area contributed by atoms with Crippen molar-refractivity contribution >= 4 is 11.9 Å². The zero-order valence-electron chi connectivity index (χ0n) is 14.2. The van der Waals surface area contributed by atoms with Crippen LogP contribution in [0.25, 0.3) is 0 Å². The highest BCUT2D eigenvalue weighted by Gasteiger charge is 2.27. The van der Waals surface area contributed by atoms with Crippen molar-refractivity contribution in [1.82, 2.24) is 9.88 Å². The Morgan fingerprint density at radius 3 is 2.35 bits per heavy atom. The van der Waals surface area contributed by atoms with Gasteiger partial charge in [-0.25, -0.2) is 9.78 Å². The fourth-order valence-corrected chi connectivity index (χ4v) is 2.33. The third-order valence-electron chi connectivity index (χ3n) is 3.49. The molecule has 0 bridgehead atoms. The normalized spacial score (nSPS) is 16.1. The average molecular weight is 320 g/mol. The number of likely N-dealkylation sites (tertiary alicyclic amines) is 1. The van der Waals surface area contributed by atoms with Crippen LogP contribution in [0.15, 0.2) is 18.3 Å². The number of carbonyl (C=O) groups is 2. The third-order valence-corrected chi connectivity index (χ3v) is 3.49. The van der Waals surface area contributed by atoms with E-state index in [1.54, 1.807) is 23.2 Å². The number of Topliss-reactive ketones (excluding diaryl/α,β-unsaturated/α-hetero) is 1. The summed E-state index contributed by atoms with van der Waals surface area (Å²) in [5.74, 6) is 0.577. The molecule has 0 radical (unpaired) electrons. The van der Waals surface area contributed by atoms with Gasteiger partial charge in [0.15, 0.2) is 5.78 Å². The first-order chi connectivity index (χ1) is 10.7. The lowest BCUT2D eigenvalue weighted by molar-refractivity contribution is 0.0126. The standard InChI is InChI=1S/C17H24N2O4/c1-12(20)15-6-5-14(11-18-15)22-13-7-9-19(10-8-13)16(21)23-17(2,3)4/h5-6,11,13H,7-10H2,1-4H3. The molecule has 0 unspecified atom stereocenters. The van der Waals surface area contributed by atoms with Crippen molar-refractivity contribution in [2.24, 2.45) is 0 Å². The Balaban J connectivity index is 1.82. The molecule has 0 aliphatic carbocycles. The summed E-state index contributed by atoms with van der Waals surface area (Å²) in [5.41, 5.74) is -0.0498. The van der Waals surface area contributed by atoms with Crippen molar-refractivity contribution in [3.05, 3.63) is 24.0 Å². The highest BCUT2D eigenvalue weighted by atomic mass is 16.6. The molecule has 0 saturated carbocycles. The second-order valence-corrected chi connectivity index (χ2v) is 6.72. The Hall–Kier alpha value is -2.11. The summed E-state index contributed by atoms with van der Waals surface area (Å²) in [6.07, 6.45) is 2.82. The van der Waals surface area contributed by atoms with E-state index in [-0.39, 0.29) is 18.0 Å². The lowest BCUT2D eigenvalue weighted by Crippen LogP contribution is -2.44. The van der Waals surface area contributed by atoms with Crippen molar-refractivity contribution in [3.8, 4) is 5.75 Å². The van der Waals surface area contributed by atoms with Crippen LogP contribution in [0.2, 0.25) is 0 Å². The minimum Gasteiger partial charge on any atom is -0.489 e. The first kappa shape index (κ1) is 17.2. The molecule has 1 aromatic rings. The molecule has 1 fully saturated rings. The number of carbonyl (C=O) groups excluding carboxylic acids is 2. The SMILES string of the molecule is CC(=O)c1ccc(OC2CCN(C(=O)OC(C)(C)C)CC2)cn1. The highest BCUT2D eigenvalue weighted by molar-refractivity contribution is 5.92. The van der Waals surface area contributed by atoms with Gasteiger partial charge in [-0.3, -0.25) is 4.79 Å². The van der Waals surface area contributed by atoms with Crippen molar-refractivity contribution in [1.29, 1.82) is 0 Å². The topological polar surface area (TPSA) is 68.7 Å². The van der Waals surface area contributed by atoms with Gasteiger partial charge in [-0.2, -0.15) is 0 Å². The van der Waals surface area contributed by atoms with Gasteiger partial charge in [0.1, 0.15) is 23.1 Å². The summed E-state index contributed by atoms with van der Waals surface area (Å²) in [6, 6.07) is 3.41. The van der Waals surface area contributed by atoms with E-state index < -0.39 is 5.60 Å². The number of aromatic nitrogens is 1. The van der Waals surface area contributed by atoms with Crippen LogP contribution >= 0.6 is 0 Å². The third kappa shape index (κ3) is 5.23. The Morgan fingerprint density at radius 2 is 1.87 bits per heavy atom. The van der Waals surface area contributed by atoms with E-state index in [1.807, 2.05) is 20.8 Å². The molecule has 6 heteroatoms. The molecule has 1 aliphatic rings. The zero-order valence-corrected chi connectivity index (χ0v) is 14.2. The monoisotopic (exact) mass is 320 g/mol. The second-order valence-electron chi connectivity index (χ2n) is 6.72. The molecule has 6 nitrogen and oxygen atoms in total. The lowest BCUT2D eigenvalue weighted by atomic mass is 10.1. The van der Waals surface area contributed by atoms with Crippen LogP contribution in [0, 0.1) is 0 Å². The number of hydrogen-bond donors (Lipinski definition) is 0. The van der Waals surface area contributed by atoms with Crippen LogP contribution in [-0.2, 0) is 4.74 Å². The number of rotatable bonds is 3. The highest BCUT2D eigenvalue weighted by Crippen LogP contribution is 2.20. The van der Waals surface area contributed by atoms with Gasteiger partial charge in [0.2, 0.25) is 0 Å².